The highest BCUT2D eigenvalue weighted by molar-refractivity contribution is 7.99. The van der Waals surface area contributed by atoms with Crippen molar-refractivity contribution in [1.29, 1.82) is 0 Å². The zero-order chi connectivity index (χ0) is 20.4. The summed E-state index contributed by atoms with van der Waals surface area (Å²) in [5, 5.41) is 4.45. The number of H-pyrrole nitrogens is 1. The number of nitrogens with zero attached hydrogens (tertiary/aromatic N) is 4. The summed E-state index contributed by atoms with van der Waals surface area (Å²) < 4.78 is 14.4. The number of fused-ring (bicyclic) bond motifs is 1. The molecule has 0 radical (unpaired) electrons. The van der Waals surface area contributed by atoms with Crippen molar-refractivity contribution in [2.75, 3.05) is 12.3 Å². The SMILES string of the molecule is CC[C@H]1CCCCN1C(=O)CSc1nc2c(-c3ccc(F)cc3)cnn2c(=O)[nH]1. The van der Waals surface area contributed by atoms with Gasteiger partial charge in [0.25, 0.3) is 0 Å². The minimum Gasteiger partial charge on any atom is -0.339 e. The molecule has 9 heteroatoms. The van der Waals surface area contributed by atoms with E-state index in [1.807, 2.05) is 4.90 Å². The number of carbonyl (C=O) groups excluding carboxylic acids is 1. The van der Waals surface area contributed by atoms with Gasteiger partial charge in [-0.1, -0.05) is 30.8 Å². The van der Waals surface area contributed by atoms with Gasteiger partial charge in [0, 0.05) is 18.2 Å². The van der Waals surface area contributed by atoms with E-state index < -0.39 is 5.69 Å². The number of piperidine rings is 1. The van der Waals surface area contributed by atoms with Crippen LogP contribution in [0.1, 0.15) is 32.6 Å². The molecule has 1 aliphatic rings. The summed E-state index contributed by atoms with van der Waals surface area (Å²) in [6, 6.07) is 6.23. The highest BCUT2D eigenvalue weighted by Crippen LogP contribution is 2.25. The number of hydrogen-bond donors (Lipinski definition) is 1. The topological polar surface area (TPSA) is 83.4 Å². The molecule has 152 valence electrons. The summed E-state index contributed by atoms with van der Waals surface area (Å²) in [6.07, 6.45) is 5.72. The maximum absolute atomic E-state index is 13.2. The van der Waals surface area contributed by atoms with Crippen molar-refractivity contribution in [1.82, 2.24) is 24.5 Å². The van der Waals surface area contributed by atoms with Gasteiger partial charge in [0.2, 0.25) is 5.91 Å². The van der Waals surface area contributed by atoms with Gasteiger partial charge in [0.05, 0.1) is 11.9 Å². The first-order chi connectivity index (χ1) is 14.1. The van der Waals surface area contributed by atoms with Gasteiger partial charge in [-0.25, -0.2) is 14.2 Å². The molecule has 3 heterocycles. The van der Waals surface area contributed by atoms with E-state index in [2.05, 4.69) is 22.0 Å². The molecular weight excluding hydrogens is 393 g/mol. The Hall–Kier alpha value is -2.68. The van der Waals surface area contributed by atoms with E-state index >= 15 is 0 Å². The molecule has 1 saturated heterocycles. The van der Waals surface area contributed by atoms with Crippen LogP contribution in [-0.2, 0) is 4.79 Å². The molecule has 0 aliphatic carbocycles. The number of carbonyl (C=O) groups is 1. The van der Waals surface area contributed by atoms with Crippen molar-refractivity contribution < 1.29 is 9.18 Å². The number of rotatable bonds is 5. The second kappa shape index (κ2) is 8.36. The quantitative estimate of drug-likeness (QED) is 0.648. The lowest BCUT2D eigenvalue weighted by Gasteiger charge is -2.35. The highest BCUT2D eigenvalue weighted by atomic mass is 32.2. The molecule has 1 aromatic carbocycles. The van der Waals surface area contributed by atoms with Crippen LogP contribution in [0.15, 0.2) is 40.4 Å². The molecule has 1 atom stereocenters. The number of likely N-dealkylation sites (tertiary alicyclic amines) is 1. The number of amides is 1. The van der Waals surface area contributed by atoms with Crippen LogP contribution in [0.3, 0.4) is 0 Å². The highest BCUT2D eigenvalue weighted by Gasteiger charge is 2.25. The average molecular weight is 415 g/mol. The molecule has 29 heavy (non-hydrogen) atoms. The van der Waals surface area contributed by atoms with Crippen molar-refractivity contribution in [3.05, 3.63) is 46.8 Å². The van der Waals surface area contributed by atoms with Crippen LogP contribution >= 0.6 is 11.8 Å². The van der Waals surface area contributed by atoms with Crippen molar-refractivity contribution in [3.63, 3.8) is 0 Å². The summed E-state index contributed by atoms with van der Waals surface area (Å²) >= 11 is 1.21. The number of aromatic amines is 1. The zero-order valence-electron chi connectivity index (χ0n) is 16.1. The van der Waals surface area contributed by atoms with E-state index in [4.69, 9.17) is 0 Å². The van der Waals surface area contributed by atoms with Crippen LogP contribution < -0.4 is 5.69 Å². The van der Waals surface area contributed by atoms with Gasteiger partial charge in [0.15, 0.2) is 10.8 Å². The fourth-order valence-corrected chi connectivity index (χ4v) is 4.47. The predicted molar refractivity (Wildman–Crippen MR) is 109 cm³/mol. The van der Waals surface area contributed by atoms with Gasteiger partial charge in [-0.3, -0.25) is 9.78 Å². The first-order valence-corrected chi connectivity index (χ1v) is 10.7. The van der Waals surface area contributed by atoms with Gasteiger partial charge in [-0.15, -0.1) is 0 Å². The Kier molecular flexibility index (Phi) is 5.66. The largest absolute Gasteiger partial charge is 0.350 e. The van der Waals surface area contributed by atoms with E-state index in [0.29, 0.717) is 28.0 Å². The first kappa shape index (κ1) is 19.6. The maximum atomic E-state index is 13.2. The Balaban J connectivity index is 1.56. The smallest absolute Gasteiger partial charge is 0.339 e. The Morgan fingerprint density at radius 3 is 2.86 bits per heavy atom. The maximum Gasteiger partial charge on any atom is 0.350 e. The van der Waals surface area contributed by atoms with Crippen molar-refractivity contribution in [2.45, 2.75) is 43.8 Å². The summed E-state index contributed by atoms with van der Waals surface area (Å²) in [4.78, 5) is 34.2. The van der Waals surface area contributed by atoms with Crippen molar-refractivity contribution >= 4 is 23.3 Å². The summed E-state index contributed by atoms with van der Waals surface area (Å²) in [7, 11) is 0. The lowest BCUT2D eigenvalue weighted by molar-refractivity contribution is -0.132. The van der Waals surface area contributed by atoms with E-state index in [-0.39, 0.29) is 17.5 Å². The van der Waals surface area contributed by atoms with Gasteiger partial charge >= 0.3 is 5.69 Å². The Labute approximate surface area is 171 Å². The summed E-state index contributed by atoms with van der Waals surface area (Å²) in [5.41, 5.74) is 1.29. The minimum atomic E-state index is -0.428. The van der Waals surface area contributed by atoms with Crippen LogP contribution in [0.25, 0.3) is 16.8 Å². The number of benzene rings is 1. The average Bonchev–Trinajstić information content (AvgIpc) is 3.17. The van der Waals surface area contributed by atoms with Crippen LogP contribution in [0.2, 0.25) is 0 Å². The first-order valence-electron chi connectivity index (χ1n) is 9.73. The van der Waals surface area contributed by atoms with Crippen LogP contribution in [-0.4, -0.2) is 48.7 Å². The molecule has 4 rings (SSSR count). The van der Waals surface area contributed by atoms with E-state index in [1.54, 1.807) is 12.1 Å². The number of aromatic nitrogens is 4. The second-order valence-electron chi connectivity index (χ2n) is 7.08. The molecule has 1 amide bonds. The van der Waals surface area contributed by atoms with E-state index in [0.717, 1.165) is 32.2 Å². The summed E-state index contributed by atoms with van der Waals surface area (Å²) in [6.45, 7) is 2.89. The van der Waals surface area contributed by atoms with Gasteiger partial charge < -0.3 is 4.90 Å². The molecule has 0 unspecified atom stereocenters. The Bertz CT molecular complexity index is 1080. The van der Waals surface area contributed by atoms with E-state index in [1.165, 1.54) is 34.6 Å². The zero-order valence-corrected chi connectivity index (χ0v) is 16.9. The number of thioether (sulfide) groups is 1. The van der Waals surface area contributed by atoms with Gasteiger partial charge in [-0.05, 0) is 43.4 Å². The van der Waals surface area contributed by atoms with Crippen molar-refractivity contribution in [2.24, 2.45) is 0 Å². The predicted octanol–water partition coefficient (Wildman–Crippen LogP) is 3.11. The van der Waals surface area contributed by atoms with Crippen LogP contribution in [0.4, 0.5) is 4.39 Å². The molecule has 3 aromatic rings. The third-order valence-corrected chi connectivity index (χ3v) is 6.12. The monoisotopic (exact) mass is 415 g/mol. The van der Waals surface area contributed by atoms with Crippen molar-refractivity contribution in [3.8, 4) is 11.1 Å². The minimum absolute atomic E-state index is 0.0661. The molecule has 1 aliphatic heterocycles. The molecule has 0 bridgehead atoms. The number of nitrogens with one attached hydrogen (secondary N) is 1. The molecule has 1 N–H and O–H groups in total. The van der Waals surface area contributed by atoms with E-state index in [9.17, 15) is 14.0 Å². The molecular formula is C20H22FN5O2S. The third kappa shape index (κ3) is 4.05. The van der Waals surface area contributed by atoms with Gasteiger partial charge in [-0.2, -0.15) is 9.61 Å². The molecule has 2 aromatic heterocycles. The summed E-state index contributed by atoms with van der Waals surface area (Å²) in [5.74, 6) is -0.0551. The van der Waals surface area contributed by atoms with Gasteiger partial charge in [0.1, 0.15) is 5.82 Å². The fourth-order valence-electron chi connectivity index (χ4n) is 3.73. The molecule has 0 saturated carbocycles. The lowest BCUT2D eigenvalue weighted by atomic mass is 10.0. The standard InChI is InChI=1S/C20H22FN5O2S/c1-2-15-5-3-4-10-25(15)17(27)12-29-19-23-18-16(11-22-26(18)20(28)24-19)13-6-8-14(21)9-7-13/h6-9,11,15H,2-5,10,12H2,1H3,(H,23,24,28)/t15-/m0/s1. The number of hydrogen-bond acceptors (Lipinski definition) is 5. The lowest BCUT2D eigenvalue weighted by Crippen LogP contribution is -2.44. The molecule has 0 spiro atoms. The third-order valence-electron chi connectivity index (χ3n) is 5.26. The Morgan fingerprint density at radius 1 is 1.31 bits per heavy atom. The second-order valence-corrected chi connectivity index (χ2v) is 8.05. The normalized spacial score (nSPS) is 17.0. The number of halogens is 1. The molecule has 7 nitrogen and oxygen atoms in total. The fraction of sp³-hybridized carbons (Fsp3) is 0.400. The molecule has 1 fully saturated rings. The Morgan fingerprint density at radius 2 is 2.10 bits per heavy atom. The van der Waals surface area contributed by atoms with Crippen LogP contribution in [0, 0.1) is 5.82 Å². The van der Waals surface area contributed by atoms with Crippen LogP contribution in [0.5, 0.6) is 0 Å².